The fourth-order valence-electron chi connectivity index (χ4n) is 4.51. The summed E-state index contributed by atoms with van der Waals surface area (Å²) in [5, 5.41) is 1.10. The predicted molar refractivity (Wildman–Crippen MR) is 119 cm³/mol. The van der Waals surface area contributed by atoms with Crippen molar-refractivity contribution in [3.05, 3.63) is 101 Å². The summed E-state index contributed by atoms with van der Waals surface area (Å²) in [7, 11) is 0. The maximum Gasteiger partial charge on any atom is 0.227 e. The lowest BCUT2D eigenvalue weighted by molar-refractivity contribution is -0.131. The van der Waals surface area contributed by atoms with Gasteiger partial charge in [0, 0.05) is 35.8 Å². The van der Waals surface area contributed by atoms with Crippen molar-refractivity contribution in [3.8, 4) is 0 Å². The maximum absolute atomic E-state index is 13.2. The van der Waals surface area contributed by atoms with Gasteiger partial charge in [0.25, 0.3) is 0 Å². The molecule has 0 radical (unpaired) electrons. The molecule has 0 saturated carbocycles. The minimum Gasteiger partial charge on any atom is -0.361 e. The van der Waals surface area contributed by atoms with E-state index in [0.29, 0.717) is 12.8 Å². The van der Waals surface area contributed by atoms with Crippen LogP contribution in [0.1, 0.15) is 41.4 Å². The van der Waals surface area contributed by atoms with Crippen LogP contribution < -0.4 is 0 Å². The average Bonchev–Trinajstić information content (AvgIpc) is 3.43. The molecular weight excluding hydrogens is 389 g/mol. The Hall–Kier alpha value is -3.47. The van der Waals surface area contributed by atoms with Gasteiger partial charge in [0.1, 0.15) is 5.82 Å². The number of aromatic nitrogens is 2. The number of para-hydroxylation sites is 1. The molecule has 31 heavy (non-hydrogen) atoms. The van der Waals surface area contributed by atoms with E-state index in [9.17, 15) is 9.18 Å². The fourth-order valence-corrected chi connectivity index (χ4v) is 4.51. The van der Waals surface area contributed by atoms with E-state index in [1.54, 1.807) is 12.1 Å². The zero-order valence-corrected chi connectivity index (χ0v) is 17.2. The molecule has 4 nitrogen and oxygen atoms in total. The first-order valence-electron chi connectivity index (χ1n) is 10.7. The molecule has 1 unspecified atom stereocenters. The Morgan fingerprint density at radius 1 is 1.06 bits per heavy atom. The van der Waals surface area contributed by atoms with Crippen molar-refractivity contribution in [2.45, 2.75) is 31.7 Å². The van der Waals surface area contributed by atoms with E-state index in [0.717, 1.165) is 52.8 Å². The number of halogens is 1. The number of fused-ring (bicyclic) bond motifs is 1. The quantitative estimate of drug-likeness (QED) is 0.489. The molecule has 1 amide bonds. The third-order valence-electron chi connectivity index (χ3n) is 6.06. The van der Waals surface area contributed by atoms with E-state index in [-0.39, 0.29) is 17.8 Å². The summed E-state index contributed by atoms with van der Waals surface area (Å²) < 4.78 is 13.2. The summed E-state index contributed by atoms with van der Waals surface area (Å²) in [4.78, 5) is 23.3. The van der Waals surface area contributed by atoms with E-state index in [1.165, 1.54) is 12.1 Å². The topological polar surface area (TPSA) is 49.0 Å². The molecule has 4 aromatic rings. The standard InChI is InChI=1S/C26H24FN3O/c27-20-12-10-18(11-13-20)15-21-5-3-8-24(29-21)25-9-4-14-30(25)26(31)16-19-17-28-23-7-2-1-6-22(19)23/h1-3,5-8,10-13,17,25,28H,4,9,14-16H2. The third kappa shape index (κ3) is 4.08. The normalized spacial score (nSPS) is 16.2. The molecule has 0 aliphatic carbocycles. The van der Waals surface area contributed by atoms with Crippen molar-refractivity contribution in [3.63, 3.8) is 0 Å². The van der Waals surface area contributed by atoms with Crippen LogP contribution in [0.25, 0.3) is 10.9 Å². The van der Waals surface area contributed by atoms with Gasteiger partial charge in [-0.15, -0.1) is 0 Å². The second kappa shape index (κ2) is 8.34. The highest BCUT2D eigenvalue weighted by atomic mass is 19.1. The summed E-state index contributed by atoms with van der Waals surface area (Å²) in [5.74, 6) is -0.0984. The fraction of sp³-hybridized carbons (Fsp3) is 0.231. The van der Waals surface area contributed by atoms with E-state index >= 15 is 0 Å². The van der Waals surface area contributed by atoms with Crippen LogP contribution in [0, 0.1) is 5.82 Å². The van der Waals surface area contributed by atoms with E-state index in [2.05, 4.69) is 11.1 Å². The summed E-state index contributed by atoms with van der Waals surface area (Å²) in [6.45, 7) is 0.760. The van der Waals surface area contributed by atoms with Crippen LogP contribution in [-0.2, 0) is 17.6 Å². The molecule has 1 aliphatic heterocycles. The largest absolute Gasteiger partial charge is 0.361 e. The van der Waals surface area contributed by atoms with Gasteiger partial charge in [-0.3, -0.25) is 9.78 Å². The number of hydrogen-bond donors (Lipinski definition) is 1. The number of nitrogens with zero attached hydrogens (tertiary/aromatic N) is 2. The predicted octanol–water partition coefficient (Wildman–Crippen LogP) is 5.20. The Balaban J connectivity index is 1.34. The molecule has 5 heteroatoms. The number of benzene rings is 2. The van der Waals surface area contributed by atoms with Crippen LogP contribution in [-0.4, -0.2) is 27.3 Å². The molecular formula is C26H24FN3O. The number of aromatic amines is 1. The number of nitrogens with one attached hydrogen (secondary N) is 1. The molecule has 0 spiro atoms. The Morgan fingerprint density at radius 3 is 2.77 bits per heavy atom. The summed E-state index contributed by atoms with van der Waals surface area (Å²) in [6.07, 6.45) is 4.87. The number of pyridine rings is 1. The number of carbonyl (C=O) groups excluding carboxylic acids is 1. The lowest BCUT2D eigenvalue weighted by Crippen LogP contribution is -2.32. The van der Waals surface area contributed by atoms with E-state index < -0.39 is 0 Å². The molecule has 1 fully saturated rings. The molecule has 0 bridgehead atoms. The summed E-state index contributed by atoms with van der Waals surface area (Å²) in [6, 6.07) is 20.6. The highest BCUT2D eigenvalue weighted by Crippen LogP contribution is 2.32. The lowest BCUT2D eigenvalue weighted by Gasteiger charge is -2.25. The molecule has 1 N–H and O–H groups in total. The first kappa shape index (κ1) is 19.5. The molecule has 2 aromatic carbocycles. The van der Waals surface area contributed by atoms with Crippen molar-refractivity contribution in [1.29, 1.82) is 0 Å². The molecule has 156 valence electrons. The maximum atomic E-state index is 13.2. The highest BCUT2D eigenvalue weighted by Gasteiger charge is 2.31. The van der Waals surface area contributed by atoms with Gasteiger partial charge in [-0.05, 0) is 54.3 Å². The summed E-state index contributed by atoms with van der Waals surface area (Å²) in [5.41, 5.74) is 4.97. The number of likely N-dealkylation sites (tertiary alicyclic amines) is 1. The van der Waals surface area contributed by atoms with Crippen LogP contribution in [0.2, 0.25) is 0 Å². The lowest BCUT2D eigenvalue weighted by atomic mass is 10.1. The third-order valence-corrected chi connectivity index (χ3v) is 6.06. The molecule has 1 saturated heterocycles. The molecule has 2 aromatic heterocycles. The van der Waals surface area contributed by atoms with Crippen molar-refractivity contribution in [2.24, 2.45) is 0 Å². The summed E-state index contributed by atoms with van der Waals surface area (Å²) >= 11 is 0. The van der Waals surface area contributed by atoms with Gasteiger partial charge in [-0.25, -0.2) is 4.39 Å². The van der Waals surface area contributed by atoms with E-state index in [4.69, 9.17) is 4.98 Å². The van der Waals surface area contributed by atoms with Crippen molar-refractivity contribution in [1.82, 2.24) is 14.9 Å². The van der Waals surface area contributed by atoms with Crippen molar-refractivity contribution < 1.29 is 9.18 Å². The van der Waals surface area contributed by atoms with Gasteiger partial charge in [0.15, 0.2) is 0 Å². The Kier molecular flexibility index (Phi) is 5.24. The first-order valence-corrected chi connectivity index (χ1v) is 10.7. The second-order valence-electron chi connectivity index (χ2n) is 8.14. The van der Waals surface area contributed by atoms with Crippen molar-refractivity contribution in [2.75, 3.05) is 6.54 Å². The zero-order valence-electron chi connectivity index (χ0n) is 17.2. The van der Waals surface area contributed by atoms with Crippen LogP contribution in [0.5, 0.6) is 0 Å². The van der Waals surface area contributed by atoms with Gasteiger partial charge < -0.3 is 9.88 Å². The van der Waals surface area contributed by atoms with Gasteiger partial charge in [0.2, 0.25) is 5.91 Å². The van der Waals surface area contributed by atoms with Gasteiger partial charge in [-0.1, -0.05) is 36.4 Å². The second-order valence-corrected chi connectivity index (χ2v) is 8.14. The minimum atomic E-state index is -0.235. The van der Waals surface area contributed by atoms with Gasteiger partial charge in [0.05, 0.1) is 18.2 Å². The van der Waals surface area contributed by atoms with Crippen LogP contribution >= 0.6 is 0 Å². The Labute approximate surface area is 180 Å². The number of hydrogen-bond acceptors (Lipinski definition) is 2. The molecule has 1 atom stereocenters. The van der Waals surface area contributed by atoms with Crippen LogP contribution in [0.3, 0.4) is 0 Å². The first-order chi connectivity index (χ1) is 15.2. The van der Waals surface area contributed by atoms with Crippen LogP contribution in [0.4, 0.5) is 4.39 Å². The van der Waals surface area contributed by atoms with Gasteiger partial charge in [-0.2, -0.15) is 0 Å². The Morgan fingerprint density at radius 2 is 1.90 bits per heavy atom. The van der Waals surface area contributed by atoms with Gasteiger partial charge >= 0.3 is 0 Å². The monoisotopic (exact) mass is 413 g/mol. The molecule has 1 aliphatic rings. The van der Waals surface area contributed by atoms with E-state index in [1.807, 2.05) is 47.5 Å². The molecule has 5 rings (SSSR count). The number of carbonyl (C=O) groups is 1. The minimum absolute atomic E-state index is 0.00544. The Bertz CT molecular complexity index is 1210. The molecule has 3 heterocycles. The van der Waals surface area contributed by atoms with Crippen LogP contribution in [0.15, 0.2) is 72.9 Å². The SMILES string of the molecule is O=C(Cc1c[nH]c2ccccc12)N1CCCC1c1cccc(Cc2ccc(F)cc2)n1. The number of H-pyrrole nitrogens is 1. The van der Waals surface area contributed by atoms with Crippen molar-refractivity contribution >= 4 is 16.8 Å². The average molecular weight is 413 g/mol. The zero-order chi connectivity index (χ0) is 21.2. The number of rotatable bonds is 5. The highest BCUT2D eigenvalue weighted by molar-refractivity contribution is 5.89. The smallest absolute Gasteiger partial charge is 0.227 e. The number of amides is 1.